The Hall–Kier alpha value is -1.72. The zero-order valence-electron chi connectivity index (χ0n) is 10.1. The number of benzene rings is 1. The number of hydrogen-bond acceptors (Lipinski definition) is 5. The maximum Gasteiger partial charge on any atom is 0.139 e. The van der Waals surface area contributed by atoms with Crippen LogP contribution >= 0.6 is 11.8 Å². The predicted octanol–water partition coefficient (Wildman–Crippen LogP) is 2.67. The molecule has 4 nitrogen and oxygen atoms in total. The molecular weight excluding hydrogens is 246 g/mol. The van der Waals surface area contributed by atoms with Crippen LogP contribution in [0.1, 0.15) is 5.56 Å². The lowest BCUT2D eigenvalue weighted by molar-refractivity contribution is 0.414. The quantitative estimate of drug-likeness (QED) is 0.492. The van der Waals surface area contributed by atoms with Crippen LogP contribution in [0.2, 0.25) is 0 Å². The highest BCUT2D eigenvalue weighted by molar-refractivity contribution is 7.98. The molecule has 0 amide bonds. The van der Waals surface area contributed by atoms with Crippen molar-refractivity contribution in [3.8, 4) is 5.75 Å². The van der Waals surface area contributed by atoms with Crippen LogP contribution in [-0.4, -0.2) is 12.1 Å². The van der Waals surface area contributed by atoms with E-state index < -0.39 is 0 Å². The van der Waals surface area contributed by atoms with Crippen molar-refractivity contribution in [2.24, 2.45) is 5.84 Å². The zero-order valence-corrected chi connectivity index (χ0v) is 10.9. The summed E-state index contributed by atoms with van der Waals surface area (Å²) in [5.41, 5.74) is 3.67. The molecule has 0 atom stereocenters. The number of nitrogens with two attached hydrogens (primary N) is 1. The Morgan fingerprint density at radius 2 is 2.00 bits per heavy atom. The highest BCUT2D eigenvalue weighted by atomic mass is 32.2. The van der Waals surface area contributed by atoms with Gasteiger partial charge in [-0.1, -0.05) is 6.07 Å². The molecule has 18 heavy (non-hydrogen) atoms. The van der Waals surface area contributed by atoms with Gasteiger partial charge in [-0.25, -0.2) is 10.8 Å². The van der Waals surface area contributed by atoms with Crippen LogP contribution in [0, 0.1) is 0 Å². The molecule has 2 aromatic rings. The van der Waals surface area contributed by atoms with Crippen LogP contribution in [0.3, 0.4) is 0 Å². The lowest BCUT2D eigenvalue weighted by atomic mass is 10.3. The van der Waals surface area contributed by atoms with Gasteiger partial charge in [-0.05, 0) is 35.9 Å². The minimum absolute atomic E-state index is 0.674. The van der Waals surface area contributed by atoms with Crippen molar-refractivity contribution in [2.45, 2.75) is 10.6 Å². The lowest BCUT2D eigenvalue weighted by Gasteiger charge is -2.04. The number of nitrogens with one attached hydrogen (secondary N) is 1. The van der Waals surface area contributed by atoms with Gasteiger partial charge >= 0.3 is 0 Å². The third-order valence-electron chi connectivity index (χ3n) is 2.44. The number of hydrogen-bond donors (Lipinski definition) is 2. The first-order valence-corrected chi connectivity index (χ1v) is 6.49. The van der Waals surface area contributed by atoms with Gasteiger partial charge in [0.25, 0.3) is 0 Å². The van der Waals surface area contributed by atoms with Gasteiger partial charge in [0.05, 0.1) is 7.11 Å². The molecule has 0 radical (unpaired) electrons. The fourth-order valence-corrected chi connectivity index (χ4v) is 2.27. The Balaban J connectivity index is 1.93. The number of nitrogens with zero attached hydrogens (tertiary/aromatic N) is 1. The molecule has 3 N–H and O–H groups in total. The largest absolute Gasteiger partial charge is 0.497 e. The van der Waals surface area contributed by atoms with E-state index in [0.29, 0.717) is 5.82 Å². The van der Waals surface area contributed by atoms with E-state index in [1.54, 1.807) is 18.9 Å². The number of ether oxygens (including phenoxy) is 1. The average molecular weight is 261 g/mol. The molecule has 2 rings (SSSR count). The summed E-state index contributed by atoms with van der Waals surface area (Å²) >= 11 is 1.76. The van der Waals surface area contributed by atoms with Gasteiger partial charge in [-0.2, -0.15) is 0 Å². The highest BCUT2D eigenvalue weighted by Crippen LogP contribution is 2.24. The Kier molecular flexibility index (Phi) is 4.44. The number of methoxy groups -OCH3 is 1. The molecule has 1 heterocycles. The van der Waals surface area contributed by atoms with Gasteiger partial charge in [0, 0.05) is 16.8 Å². The van der Waals surface area contributed by atoms with Gasteiger partial charge in [0.1, 0.15) is 11.6 Å². The Morgan fingerprint density at radius 3 is 2.56 bits per heavy atom. The Morgan fingerprint density at radius 1 is 1.22 bits per heavy atom. The molecule has 0 aliphatic carbocycles. The van der Waals surface area contributed by atoms with Gasteiger partial charge < -0.3 is 10.2 Å². The summed E-state index contributed by atoms with van der Waals surface area (Å²) in [5, 5.41) is 0. The third-order valence-corrected chi connectivity index (χ3v) is 3.52. The molecule has 1 aromatic heterocycles. The first-order chi connectivity index (χ1) is 8.81. The van der Waals surface area contributed by atoms with Gasteiger partial charge in [-0.3, -0.25) is 0 Å². The van der Waals surface area contributed by atoms with E-state index in [1.807, 2.05) is 42.6 Å². The molecule has 0 aliphatic heterocycles. The number of aromatic nitrogens is 1. The van der Waals surface area contributed by atoms with E-state index >= 15 is 0 Å². The molecule has 0 saturated heterocycles. The second-order valence-corrected chi connectivity index (χ2v) is 4.71. The van der Waals surface area contributed by atoms with Crippen molar-refractivity contribution < 1.29 is 4.74 Å². The minimum Gasteiger partial charge on any atom is -0.497 e. The summed E-state index contributed by atoms with van der Waals surface area (Å²) in [5.74, 6) is 7.69. The van der Waals surface area contributed by atoms with E-state index in [0.717, 1.165) is 17.1 Å². The number of anilines is 1. The van der Waals surface area contributed by atoms with Crippen LogP contribution in [-0.2, 0) is 5.75 Å². The zero-order chi connectivity index (χ0) is 12.8. The summed E-state index contributed by atoms with van der Waals surface area (Å²) in [4.78, 5) is 5.37. The topological polar surface area (TPSA) is 60.2 Å². The smallest absolute Gasteiger partial charge is 0.139 e. The second kappa shape index (κ2) is 6.28. The van der Waals surface area contributed by atoms with E-state index in [4.69, 9.17) is 10.6 Å². The molecule has 1 aromatic carbocycles. The number of pyridine rings is 1. The first kappa shape index (κ1) is 12.7. The third kappa shape index (κ3) is 3.38. The maximum atomic E-state index is 5.26. The van der Waals surface area contributed by atoms with Crippen molar-refractivity contribution in [3.63, 3.8) is 0 Å². The van der Waals surface area contributed by atoms with Crippen molar-refractivity contribution in [1.29, 1.82) is 0 Å². The van der Waals surface area contributed by atoms with E-state index in [1.165, 1.54) is 4.90 Å². The number of thioether (sulfide) groups is 1. The van der Waals surface area contributed by atoms with Crippen LogP contribution in [0.5, 0.6) is 5.75 Å². The summed E-state index contributed by atoms with van der Waals surface area (Å²) in [6.45, 7) is 0. The minimum atomic E-state index is 0.674. The summed E-state index contributed by atoms with van der Waals surface area (Å²) < 4.78 is 5.12. The van der Waals surface area contributed by atoms with Crippen LogP contribution in [0.4, 0.5) is 5.82 Å². The normalized spacial score (nSPS) is 10.1. The van der Waals surface area contributed by atoms with E-state index in [-0.39, 0.29) is 0 Å². The Labute approximate surface area is 111 Å². The second-order valence-electron chi connectivity index (χ2n) is 3.66. The molecule has 0 fully saturated rings. The molecule has 5 heteroatoms. The summed E-state index contributed by atoms with van der Waals surface area (Å²) in [6.07, 6.45) is 1.83. The Bertz CT molecular complexity index is 437. The van der Waals surface area contributed by atoms with Crippen molar-refractivity contribution >= 4 is 17.6 Å². The summed E-state index contributed by atoms with van der Waals surface area (Å²) in [7, 11) is 1.67. The highest BCUT2D eigenvalue weighted by Gasteiger charge is 1.98. The van der Waals surface area contributed by atoms with Gasteiger partial charge in [0.2, 0.25) is 0 Å². The van der Waals surface area contributed by atoms with Crippen molar-refractivity contribution in [2.75, 3.05) is 12.5 Å². The standard InChI is InChI=1S/C13H15N3OS/c1-17-11-3-5-12(6-4-11)18-9-10-2-7-13(16-14)15-8-10/h2-8H,9,14H2,1H3,(H,15,16). The molecule has 0 spiro atoms. The molecular formula is C13H15N3OS. The number of nitrogen functional groups attached to an aromatic ring is 1. The lowest BCUT2D eigenvalue weighted by Crippen LogP contribution is -2.08. The number of rotatable bonds is 5. The molecule has 0 saturated carbocycles. The molecule has 0 bridgehead atoms. The SMILES string of the molecule is COc1ccc(SCc2ccc(NN)nc2)cc1. The maximum absolute atomic E-state index is 5.26. The summed E-state index contributed by atoms with van der Waals surface area (Å²) in [6, 6.07) is 11.9. The number of hydrazine groups is 1. The van der Waals surface area contributed by atoms with E-state index in [2.05, 4.69) is 10.4 Å². The molecule has 0 unspecified atom stereocenters. The van der Waals surface area contributed by atoms with Crippen LogP contribution in [0.15, 0.2) is 47.5 Å². The average Bonchev–Trinajstić information content (AvgIpc) is 2.46. The van der Waals surface area contributed by atoms with Crippen LogP contribution in [0.25, 0.3) is 0 Å². The molecule has 94 valence electrons. The van der Waals surface area contributed by atoms with Gasteiger partial charge in [-0.15, -0.1) is 11.8 Å². The van der Waals surface area contributed by atoms with Crippen molar-refractivity contribution in [3.05, 3.63) is 48.2 Å². The van der Waals surface area contributed by atoms with Crippen molar-refractivity contribution in [1.82, 2.24) is 4.98 Å². The predicted molar refractivity (Wildman–Crippen MR) is 74.6 cm³/mol. The first-order valence-electron chi connectivity index (χ1n) is 5.50. The van der Waals surface area contributed by atoms with Gasteiger partial charge in [0.15, 0.2) is 0 Å². The van der Waals surface area contributed by atoms with E-state index in [9.17, 15) is 0 Å². The fraction of sp³-hybridized carbons (Fsp3) is 0.154. The molecule has 0 aliphatic rings. The fourth-order valence-electron chi connectivity index (χ4n) is 1.43. The van der Waals surface area contributed by atoms with Crippen LogP contribution < -0.4 is 16.0 Å². The monoisotopic (exact) mass is 261 g/mol.